The summed E-state index contributed by atoms with van der Waals surface area (Å²) < 4.78 is 2.80. The average molecular weight is 952 g/mol. The van der Waals surface area contributed by atoms with Crippen molar-refractivity contribution in [2.75, 3.05) is 9.80 Å². The van der Waals surface area contributed by atoms with Crippen LogP contribution in [0.15, 0.2) is 175 Å². The molecule has 0 saturated heterocycles. The fourth-order valence-electron chi connectivity index (χ4n) is 12.5. The molecular formula is C69H70BN3. The van der Waals surface area contributed by atoms with Gasteiger partial charge in [0.2, 0.25) is 0 Å². The zero-order chi connectivity index (χ0) is 51.3. The molecule has 0 fully saturated rings. The second-order valence-electron chi connectivity index (χ2n) is 25.9. The summed E-state index contributed by atoms with van der Waals surface area (Å²) in [5.74, 6) is 0. The number of anilines is 5. The number of para-hydroxylation sites is 2. The maximum Gasteiger partial charge on any atom is 0.329 e. The van der Waals surface area contributed by atoms with Crippen molar-refractivity contribution in [3.8, 4) is 22.3 Å². The molecule has 0 amide bonds. The summed E-state index contributed by atoms with van der Waals surface area (Å²) in [6.07, 6.45) is 0. The molecule has 1 aliphatic carbocycles. The number of aromatic nitrogens is 1. The number of benzene rings is 8. The first kappa shape index (κ1) is 47.0. The summed E-state index contributed by atoms with van der Waals surface area (Å²) in [6.45, 7) is 33.1. The van der Waals surface area contributed by atoms with Crippen LogP contribution in [0.3, 0.4) is 0 Å². The van der Waals surface area contributed by atoms with Crippen LogP contribution in [-0.2, 0) is 27.1 Å². The van der Waals surface area contributed by atoms with Gasteiger partial charge >= 0.3 is 6.85 Å². The topological polar surface area (TPSA) is 11.4 Å². The number of allylic oxidation sites excluding steroid dienone is 1. The minimum absolute atomic E-state index is 0.0286. The monoisotopic (exact) mass is 952 g/mol. The SMILES string of the molecule is CC(C)(C)c1ccc(N2C3=C(B4c5c(cc(C(C)(C)C)cc52)-c2ccc(N(c5ccccc5)c5ccccc5-c5ccccc5)c5c6cc(C(C)(C)C)ccc6n4c25)C(C)(C)c2ccc(C(C)(C)C)cc23)cc1. The van der Waals surface area contributed by atoms with Crippen LogP contribution in [0.1, 0.15) is 130 Å². The van der Waals surface area contributed by atoms with Crippen molar-refractivity contribution in [3.63, 3.8) is 0 Å². The molecule has 0 atom stereocenters. The Labute approximate surface area is 435 Å². The Kier molecular flexibility index (Phi) is 10.3. The number of rotatable bonds is 5. The molecule has 1 aromatic heterocycles. The van der Waals surface area contributed by atoms with Gasteiger partial charge in [0.1, 0.15) is 0 Å². The van der Waals surface area contributed by atoms with Gasteiger partial charge in [0.15, 0.2) is 0 Å². The molecule has 0 saturated carbocycles. The van der Waals surface area contributed by atoms with Crippen molar-refractivity contribution in [1.82, 2.24) is 4.48 Å². The number of hydrogen-bond acceptors (Lipinski definition) is 2. The van der Waals surface area contributed by atoms with E-state index >= 15 is 0 Å². The van der Waals surface area contributed by atoms with Crippen LogP contribution in [0.4, 0.5) is 28.4 Å². The quantitative estimate of drug-likeness (QED) is 0.159. The molecule has 0 unspecified atom stereocenters. The van der Waals surface area contributed by atoms with Gasteiger partial charge in [-0.2, -0.15) is 0 Å². The standard InChI is InChI=1S/C69H70BN3/c1-65(2,3)44-29-33-49(34-30-44)72-59-42-47(68(10,11)12)41-52-51-35-38-58(71(48-25-19-16-20-26-48)56-28-22-21-27-50(56)43-23-17-15-18-24-43)60-54-40-46(67(7,8)9)32-37-57(54)73(62(51)60)70(61(52)59)64-63(72)53-39-45(66(4,5)6)31-36-55(53)69(64,13)14/h15-42H,1-14H3. The highest BCUT2D eigenvalue weighted by atomic mass is 15.2. The minimum atomic E-state index is -0.318. The predicted octanol–water partition coefficient (Wildman–Crippen LogP) is 18.2. The number of fused-ring (bicyclic) bond motifs is 8. The van der Waals surface area contributed by atoms with E-state index in [0.29, 0.717) is 0 Å². The molecule has 0 radical (unpaired) electrons. The van der Waals surface area contributed by atoms with Gasteiger partial charge in [-0.25, -0.2) is 0 Å². The lowest BCUT2D eigenvalue weighted by atomic mass is 9.40. The van der Waals surface area contributed by atoms with Gasteiger partial charge in [-0.3, -0.25) is 0 Å². The fraction of sp³-hybridized carbons (Fsp3) is 0.275. The number of hydrogen-bond donors (Lipinski definition) is 0. The van der Waals surface area contributed by atoms with E-state index in [1.54, 1.807) is 0 Å². The summed E-state index contributed by atoms with van der Waals surface area (Å²) in [6, 6.07) is 65.3. The molecule has 3 nitrogen and oxygen atoms in total. The Balaban J connectivity index is 1.26. The van der Waals surface area contributed by atoms with Crippen LogP contribution in [0.2, 0.25) is 0 Å². The molecule has 0 spiro atoms. The van der Waals surface area contributed by atoms with E-state index in [1.807, 2.05) is 0 Å². The van der Waals surface area contributed by atoms with Crippen molar-refractivity contribution < 1.29 is 0 Å². The van der Waals surface area contributed by atoms with Gasteiger partial charge < -0.3 is 14.3 Å². The van der Waals surface area contributed by atoms with Crippen molar-refractivity contribution in [1.29, 1.82) is 0 Å². The van der Waals surface area contributed by atoms with Crippen molar-refractivity contribution >= 4 is 68.3 Å². The maximum atomic E-state index is 2.80. The summed E-state index contributed by atoms with van der Waals surface area (Å²) in [5, 5.41) is 2.57. The van der Waals surface area contributed by atoms with Crippen LogP contribution in [0.25, 0.3) is 49.8 Å². The van der Waals surface area contributed by atoms with E-state index in [1.165, 1.54) is 111 Å². The molecule has 2 aliphatic heterocycles. The lowest BCUT2D eigenvalue weighted by Gasteiger charge is -2.44. The Bertz CT molecular complexity index is 3730. The first-order valence-electron chi connectivity index (χ1n) is 26.6. The highest BCUT2D eigenvalue weighted by molar-refractivity contribution is 6.85. The maximum absolute atomic E-state index is 2.80. The molecule has 9 aromatic rings. The average Bonchev–Trinajstić information content (AvgIpc) is 3.81. The van der Waals surface area contributed by atoms with Crippen LogP contribution >= 0.6 is 0 Å². The molecular weight excluding hydrogens is 882 g/mol. The Hall–Kier alpha value is -7.04. The third-order valence-corrected chi connectivity index (χ3v) is 16.6. The number of nitrogens with zero attached hydrogens (tertiary/aromatic N) is 3. The van der Waals surface area contributed by atoms with Crippen LogP contribution in [0, 0.1) is 0 Å². The van der Waals surface area contributed by atoms with E-state index in [4.69, 9.17) is 0 Å². The first-order valence-corrected chi connectivity index (χ1v) is 26.6. The molecule has 4 heteroatoms. The van der Waals surface area contributed by atoms with Gasteiger partial charge in [0.25, 0.3) is 0 Å². The normalized spacial score (nSPS) is 15.0. The smallest absolute Gasteiger partial charge is 0.329 e. The van der Waals surface area contributed by atoms with Gasteiger partial charge in [0.05, 0.1) is 11.4 Å². The molecule has 3 aliphatic rings. The predicted molar refractivity (Wildman–Crippen MR) is 316 cm³/mol. The van der Waals surface area contributed by atoms with E-state index in [9.17, 15) is 0 Å². The van der Waals surface area contributed by atoms with Gasteiger partial charge in [0, 0.05) is 66.7 Å². The summed E-state index contributed by atoms with van der Waals surface area (Å²) in [7, 11) is 0. The van der Waals surface area contributed by atoms with E-state index in [-0.39, 0.29) is 33.9 Å². The Morgan fingerprint density at radius 2 is 1.04 bits per heavy atom. The molecule has 12 rings (SSSR count). The van der Waals surface area contributed by atoms with Crippen LogP contribution < -0.4 is 15.3 Å². The second kappa shape index (κ2) is 16.0. The molecule has 8 aromatic carbocycles. The van der Waals surface area contributed by atoms with E-state index < -0.39 is 0 Å². The summed E-state index contributed by atoms with van der Waals surface area (Å²) in [5.41, 5.74) is 25.2. The Morgan fingerprint density at radius 1 is 0.466 bits per heavy atom. The van der Waals surface area contributed by atoms with Gasteiger partial charge in [-0.05, 0) is 132 Å². The lowest BCUT2D eigenvalue weighted by Crippen LogP contribution is -2.52. The highest BCUT2D eigenvalue weighted by Crippen LogP contribution is 2.59. The molecule has 364 valence electrons. The van der Waals surface area contributed by atoms with Crippen molar-refractivity contribution in [2.24, 2.45) is 0 Å². The second-order valence-corrected chi connectivity index (χ2v) is 25.9. The van der Waals surface area contributed by atoms with Crippen LogP contribution in [0.5, 0.6) is 0 Å². The third kappa shape index (κ3) is 7.21. The molecule has 0 N–H and O–H groups in total. The lowest BCUT2D eigenvalue weighted by molar-refractivity contribution is 0.588. The molecule has 3 heterocycles. The van der Waals surface area contributed by atoms with Gasteiger partial charge in [-0.1, -0.05) is 206 Å². The molecule has 73 heavy (non-hydrogen) atoms. The zero-order valence-corrected chi connectivity index (χ0v) is 45.6. The fourth-order valence-corrected chi connectivity index (χ4v) is 12.5. The molecule has 0 bridgehead atoms. The summed E-state index contributed by atoms with van der Waals surface area (Å²) >= 11 is 0. The van der Waals surface area contributed by atoms with Crippen LogP contribution in [-0.4, -0.2) is 11.3 Å². The first-order chi connectivity index (χ1) is 34.5. The third-order valence-electron chi connectivity index (χ3n) is 16.6. The van der Waals surface area contributed by atoms with E-state index in [2.05, 4.69) is 281 Å². The van der Waals surface area contributed by atoms with E-state index in [0.717, 1.165) is 11.4 Å². The largest absolute Gasteiger partial charge is 0.375 e. The van der Waals surface area contributed by atoms with Crippen molar-refractivity contribution in [2.45, 2.75) is 124 Å². The zero-order valence-electron chi connectivity index (χ0n) is 45.6. The van der Waals surface area contributed by atoms with Gasteiger partial charge in [-0.15, -0.1) is 0 Å². The summed E-state index contributed by atoms with van der Waals surface area (Å²) in [4.78, 5) is 5.23. The highest BCUT2D eigenvalue weighted by Gasteiger charge is 2.54. The minimum Gasteiger partial charge on any atom is -0.375 e. The van der Waals surface area contributed by atoms with Crippen molar-refractivity contribution in [3.05, 3.63) is 209 Å². The Morgan fingerprint density at radius 3 is 1.70 bits per heavy atom.